The van der Waals surface area contributed by atoms with Gasteiger partial charge in [-0.15, -0.1) is 0 Å². The van der Waals surface area contributed by atoms with Crippen molar-refractivity contribution in [2.75, 3.05) is 5.32 Å². The number of aromatic carboxylic acids is 1. The van der Waals surface area contributed by atoms with E-state index in [0.29, 0.717) is 10.2 Å². The molecule has 2 unspecified atom stereocenters. The maximum Gasteiger partial charge on any atom is 0.410 e. The Morgan fingerprint density at radius 1 is 1.30 bits per heavy atom. The van der Waals surface area contributed by atoms with Crippen molar-refractivity contribution in [2.24, 2.45) is 0 Å². The van der Waals surface area contributed by atoms with Crippen LogP contribution in [0.3, 0.4) is 0 Å². The van der Waals surface area contributed by atoms with Gasteiger partial charge in [0.05, 0.1) is 6.04 Å². The maximum atomic E-state index is 13.3. The number of hydrogen-bond acceptors (Lipinski definition) is 3. The molecule has 2 N–H and O–H groups in total. The molecular formula is C14H11F4N3O2. The Hall–Kier alpha value is -2.58. The Kier molecular flexibility index (Phi) is 3.50. The summed E-state index contributed by atoms with van der Waals surface area (Å²) < 4.78 is 53.5. The van der Waals surface area contributed by atoms with Crippen molar-refractivity contribution in [3.63, 3.8) is 0 Å². The van der Waals surface area contributed by atoms with Gasteiger partial charge in [-0.2, -0.15) is 18.3 Å². The van der Waals surface area contributed by atoms with Crippen LogP contribution in [0.5, 0.6) is 0 Å². The van der Waals surface area contributed by atoms with Crippen molar-refractivity contribution >= 4 is 11.8 Å². The van der Waals surface area contributed by atoms with Gasteiger partial charge in [-0.05, 0) is 17.7 Å². The van der Waals surface area contributed by atoms with Crippen LogP contribution < -0.4 is 5.32 Å². The van der Waals surface area contributed by atoms with Gasteiger partial charge >= 0.3 is 12.1 Å². The summed E-state index contributed by atoms with van der Waals surface area (Å²) in [6.45, 7) is 0. The molecule has 0 bridgehead atoms. The quantitative estimate of drug-likeness (QED) is 0.829. The maximum absolute atomic E-state index is 13.3. The minimum Gasteiger partial charge on any atom is -0.476 e. The number of rotatable bonds is 2. The lowest BCUT2D eigenvalue weighted by Crippen LogP contribution is -2.35. The van der Waals surface area contributed by atoms with Gasteiger partial charge in [-0.3, -0.25) is 0 Å². The molecule has 9 heteroatoms. The van der Waals surface area contributed by atoms with Gasteiger partial charge in [0.2, 0.25) is 0 Å². The van der Waals surface area contributed by atoms with Crippen molar-refractivity contribution in [3.05, 3.63) is 47.4 Å². The van der Waals surface area contributed by atoms with Crippen LogP contribution in [0, 0.1) is 5.82 Å². The molecule has 0 spiro atoms. The van der Waals surface area contributed by atoms with E-state index in [1.54, 1.807) is 0 Å². The molecule has 1 aliphatic heterocycles. The minimum absolute atomic E-state index is 0.0368. The van der Waals surface area contributed by atoms with Crippen LogP contribution in [0.25, 0.3) is 0 Å². The molecular weight excluding hydrogens is 318 g/mol. The molecule has 0 radical (unpaired) electrons. The van der Waals surface area contributed by atoms with Crippen LogP contribution in [0.4, 0.5) is 23.4 Å². The van der Waals surface area contributed by atoms with E-state index in [4.69, 9.17) is 5.11 Å². The second-order valence-electron chi connectivity index (χ2n) is 5.21. The average Bonchev–Trinajstić information content (AvgIpc) is 2.90. The summed E-state index contributed by atoms with van der Waals surface area (Å²) >= 11 is 0. The summed E-state index contributed by atoms with van der Waals surface area (Å²) in [5, 5.41) is 15.2. The summed E-state index contributed by atoms with van der Waals surface area (Å²) in [5.41, 5.74) is 0.00600. The van der Waals surface area contributed by atoms with Gasteiger partial charge in [0.25, 0.3) is 0 Å². The number of aromatic nitrogens is 2. The smallest absolute Gasteiger partial charge is 0.410 e. The predicted octanol–water partition coefficient (Wildman–Crippen LogP) is 3.38. The number of anilines is 1. The standard InChI is InChI=1S/C14H11F4N3O2/c15-8-3-1-7(2-4-8)9-5-11(14(16,17)18)21-12(19-9)6-10(20-21)13(22)23/h1-4,6,9,11,19H,5H2,(H,22,23). The van der Waals surface area contributed by atoms with E-state index in [2.05, 4.69) is 10.4 Å². The highest BCUT2D eigenvalue weighted by Crippen LogP contribution is 2.43. The third-order valence-electron chi connectivity index (χ3n) is 3.68. The lowest BCUT2D eigenvalue weighted by atomic mass is 9.97. The predicted molar refractivity (Wildman–Crippen MR) is 71.7 cm³/mol. The summed E-state index contributed by atoms with van der Waals surface area (Å²) in [4.78, 5) is 10.9. The van der Waals surface area contributed by atoms with Crippen molar-refractivity contribution in [1.29, 1.82) is 0 Å². The largest absolute Gasteiger partial charge is 0.476 e. The highest BCUT2D eigenvalue weighted by atomic mass is 19.4. The Morgan fingerprint density at radius 2 is 1.96 bits per heavy atom. The van der Waals surface area contributed by atoms with Crippen LogP contribution >= 0.6 is 0 Å². The fourth-order valence-corrected chi connectivity index (χ4v) is 2.59. The Bertz CT molecular complexity index is 739. The lowest BCUT2D eigenvalue weighted by Gasteiger charge is -2.33. The number of carboxylic acid groups (broad SMARTS) is 1. The van der Waals surface area contributed by atoms with E-state index >= 15 is 0 Å². The van der Waals surface area contributed by atoms with Gasteiger partial charge in [-0.1, -0.05) is 12.1 Å². The molecule has 1 aliphatic rings. The topological polar surface area (TPSA) is 67.1 Å². The third-order valence-corrected chi connectivity index (χ3v) is 3.68. The number of nitrogens with zero attached hydrogens (tertiary/aromatic N) is 2. The van der Waals surface area contributed by atoms with Crippen molar-refractivity contribution in [3.8, 4) is 0 Å². The zero-order chi connectivity index (χ0) is 16.8. The van der Waals surface area contributed by atoms with Gasteiger partial charge < -0.3 is 10.4 Å². The van der Waals surface area contributed by atoms with Crippen molar-refractivity contribution < 1.29 is 27.5 Å². The van der Waals surface area contributed by atoms with E-state index in [1.807, 2.05) is 0 Å². The average molecular weight is 329 g/mol. The molecule has 5 nitrogen and oxygen atoms in total. The van der Waals surface area contributed by atoms with E-state index in [9.17, 15) is 22.4 Å². The number of benzene rings is 1. The van der Waals surface area contributed by atoms with Gasteiger partial charge in [0.15, 0.2) is 11.7 Å². The molecule has 0 saturated heterocycles. The first-order valence-electron chi connectivity index (χ1n) is 6.67. The van der Waals surface area contributed by atoms with Crippen LogP contribution in [0.1, 0.15) is 34.6 Å². The minimum atomic E-state index is -4.59. The first kappa shape index (κ1) is 15.3. The van der Waals surface area contributed by atoms with Crippen LogP contribution in [0.2, 0.25) is 0 Å². The molecule has 23 heavy (non-hydrogen) atoms. The molecule has 3 rings (SSSR count). The monoisotopic (exact) mass is 329 g/mol. The zero-order valence-corrected chi connectivity index (χ0v) is 11.5. The molecule has 0 fully saturated rings. The first-order valence-corrected chi connectivity index (χ1v) is 6.67. The van der Waals surface area contributed by atoms with Crippen molar-refractivity contribution in [2.45, 2.75) is 24.7 Å². The second-order valence-corrected chi connectivity index (χ2v) is 5.21. The Balaban J connectivity index is 2.01. The van der Waals surface area contributed by atoms with Crippen molar-refractivity contribution in [1.82, 2.24) is 9.78 Å². The summed E-state index contributed by atoms with van der Waals surface area (Å²) in [6, 6.07) is 3.48. The molecule has 0 saturated carbocycles. The lowest BCUT2D eigenvalue weighted by molar-refractivity contribution is -0.173. The summed E-state index contributed by atoms with van der Waals surface area (Å²) in [5.74, 6) is -1.94. The molecule has 2 aromatic rings. The number of carboxylic acids is 1. The Labute approximate surface area is 127 Å². The van der Waals surface area contributed by atoms with Gasteiger partial charge in [0, 0.05) is 12.5 Å². The zero-order valence-electron chi connectivity index (χ0n) is 11.5. The van der Waals surface area contributed by atoms with Crippen LogP contribution in [-0.4, -0.2) is 27.0 Å². The van der Waals surface area contributed by atoms with E-state index < -0.39 is 35.7 Å². The fourth-order valence-electron chi connectivity index (χ4n) is 2.59. The normalized spacial score (nSPS) is 20.7. The summed E-state index contributed by atoms with van der Waals surface area (Å²) in [6.07, 6.45) is -4.96. The number of nitrogens with one attached hydrogen (secondary N) is 1. The summed E-state index contributed by atoms with van der Waals surface area (Å²) in [7, 11) is 0. The highest BCUT2D eigenvalue weighted by molar-refractivity contribution is 5.86. The molecule has 0 amide bonds. The van der Waals surface area contributed by atoms with E-state index in [1.165, 1.54) is 12.1 Å². The first-order chi connectivity index (χ1) is 10.8. The molecule has 2 atom stereocenters. The van der Waals surface area contributed by atoms with Crippen LogP contribution in [0.15, 0.2) is 30.3 Å². The molecule has 1 aromatic heterocycles. The Morgan fingerprint density at radius 3 is 2.52 bits per heavy atom. The number of hydrogen-bond donors (Lipinski definition) is 2. The highest BCUT2D eigenvalue weighted by Gasteiger charge is 2.46. The van der Waals surface area contributed by atoms with E-state index in [-0.39, 0.29) is 12.2 Å². The number of alkyl halides is 3. The molecule has 0 aliphatic carbocycles. The molecule has 122 valence electrons. The second kappa shape index (κ2) is 5.25. The molecule has 2 heterocycles. The van der Waals surface area contributed by atoms with Gasteiger partial charge in [-0.25, -0.2) is 13.9 Å². The third kappa shape index (κ3) is 2.86. The van der Waals surface area contributed by atoms with E-state index in [0.717, 1.165) is 18.2 Å². The molecule has 1 aromatic carbocycles. The number of carbonyl (C=O) groups is 1. The SMILES string of the molecule is O=C(O)c1cc2n(n1)C(C(F)(F)F)CC(c1ccc(F)cc1)N2. The van der Waals surface area contributed by atoms with Gasteiger partial charge in [0.1, 0.15) is 11.6 Å². The number of halogens is 4. The number of fused-ring (bicyclic) bond motifs is 1. The van der Waals surface area contributed by atoms with Crippen LogP contribution in [-0.2, 0) is 0 Å². The fraction of sp³-hybridized carbons (Fsp3) is 0.286.